The predicted molar refractivity (Wildman–Crippen MR) is 65.0 cm³/mol. The van der Waals surface area contributed by atoms with E-state index < -0.39 is 11.7 Å². The van der Waals surface area contributed by atoms with E-state index in [2.05, 4.69) is 10.3 Å². The van der Waals surface area contributed by atoms with Crippen molar-refractivity contribution >= 4 is 11.6 Å². The van der Waals surface area contributed by atoms with E-state index in [0.717, 1.165) is 12.1 Å². The maximum Gasteiger partial charge on any atom is 0.278 e. The first-order valence-electron chi connectivity index (χ1n) is 5.27. The molecule has 2 N–H and O–H groups in total. The Labute approximate surface area is 108 Å². The molecule has 0 radical (unpaired) electrons. The van der Waals surface area contributed by atoms with Crippen molar-refractivity contribution in [2.45, 2.75) is 0 Å². The van der Waals surface area contributed by atoms with Crippen molar-refractivity contribution in [3.05, 3.63) is 53.6 Å². The smallest absolute Gasteiger partial charge is 0.278 e. The molecule has 0 unspecified atom stereocenters. The molecule has 6 heteroatoms. The maximum absolute atomic E-state index is 12.9. The standard InChI is InChI=1S/C13H8FN3O2/c14-9-3-4-10(8(6-9)7-15)17-13(19)12-11(18)2-1-5-16-12/h1-6,18H,(H,17,19). The first-order valence-corrected chi connectivity index (χ1v) is 5.27. The molecule has 0 aliphatic rings. The predicted octanol–water partition coefficient (Wildman–Crippen LogP) is 2.05. The summed E-state index contributed by atoms with van der Waals surface area (Å²) in [6.07, 6.45) is 1.35. The van der Waals surface area contributed by atoms with E-state index in [1.54, 1.807) is 6.07 Å². The molecule has 1 amide bonds. The number of pyridine rings is 1. The number of amides is 1. The summed E-state index contributed by atoms with van der Waals surface area (Å²) < 4.78 is 12.9. The van der Waals surface area contributed by atoms with Crippen LogP contribution in [0.15, 0.2) is 36.5 Å². The number of nitrogens with one attached hydrogen (secondary N) is 1. The molecule has 2 aromatic rings. The molecule has 0 atom stereocenters. The largest absolute Gasteiger partial charge is 0.505 e. The third-order valence-corrected chi connectivity index (χ3v) is 2.35. The highest BCUT2D eigenvalue weighted by Gasteiger charge is 2.14. The average molecular weight is 257 g/mol. The van der Waals surface area contributed by atoms with Gasteiger partial charge in [0.25, 0.3) is 5.91 Å². The van der Waals surface area contributed by atoms with E-state index in [1.165, 1.54) is 24.4 Å². The highest BCUT2D eigenvalue weighted by atomic mass is 19.1. The quantitative estimate of drug-likeness (QED) is 0.862. The first kappa shape index (κ1) is 12.5. The number of hydrogen-bond acceptors (Lipinski definition) is 4. The topological polar surface area (TPSA) is 86.0 Å². The summed E-state index contributed by atoms with van der Waals surface area (Å²) in [6, 6.07) is 7.96. The van der Waals surface area contributed by atoms with E-state index >= 15 is 0 Å². The van der Waals surface area contributed by atoms with Crippen LogP contribution in [-0.2, 0) is 0 Å². The molecule has 0 aliphatic heterocycles. The zero-order chi connectivity index (χ0) is 13.8. The summed E-state index contributed by atoms with van der Waals surface area (Å²) in [5, 5.41) is 20.7. The lowest BCUT2D eigenvalue weighted by atomic mass is 10.2. The van der Waals surface area contributed by atoms with E-state index in [0.29, 0.717) is 0 Å². The minimum atomic E-state index is -0.679. The van der Waals surface area contributed by atoms with Crippen molar-refractivity contribution in [2.24, 2.45) is 0 Å². The normalized spacial score (nSPS) is 9.68. The first-order chi connectivity index (χ1) is 9.11. The zero-order valence-corrected chi connectivity index (χ0v) is 9.59. The second-order valence-electron chi connectivity index (χ2n) is 3.63. The number of aromatic hydroxyl groups is 1. The molecule has 0 bridgehead atoms. The second-order valence-corrected chi connectivity index (χ2v) is 3.63. The Morgan fingerprint density at radius 1 is 1.42 bits per heavy atom. The number of anilines is 1. The lowest BCUT2D eigenvalue weighted by molar-refractivity contribution is 0.101. The molecule has 2 rings (SSSR count). The average Bonchev–Trinajstić information content (AvgIpc) is 2.41. The van der Waals surface area contributed by atoms with Crippen molar-refractivity contribution in [3.8, 4) is 11.8 Å². The van der Waals surface area contributed by atoms with Crippen LogP contribution in [-0.4, -0.2) is 16.0 Å². The van der Waals surface area contributed by atoms with Crippen LogP contribution in [0.3, 0.4) is 0 Å². The van der Waals surface area contributed by atoms with E-state index in [-0.39, 0.29) is 22.7 Å². The molecule has 0 saturated carbocycles. The molecule has 0 aliphatic carbocycles. The number of rotatable bonds is 2. The van der Waals surface area contributed by atoms with Gasteiger partial charge in [-0.3, -0.25) is 4.79 Å². The van der Waals surface area contributed by atoms with Gasteiger partial charge in [-0.25, -0.2) is 9.37 Å². The summed E-state index contributed by atoms with van der Waals surface area (Å²) in [7, 11) is 0. The van der Waals surface area contributed by atoms with Gasteiger partial charge < -0.3 is 10.4 Å². The third kappa shape index (κ3) is 2.66. The number of aromatic nitrogens is 1. The molecule has 0 saturated heterocycles. The Hall–Kier alpha value is -2.94. The number of benzene rings is 1. The van der Waals surface area contributed by atoms with Crippen LogP contribution in [0.4, 0.5) is 10.1 Å². The molecular formula is C13H8FN3O2. The lowest BCUT2D eigenvalue weighted by Gasteiger charge is -2.07. The molecule has 5 nitrogen and oxygen atoms in total. The van der Waals surface area contributed by atoms with Gasteiger partial charge in [0.2, 0.25) is 0 Å². The SMILES string of the molecule is N#Cc1cc(F)ccc1NC(=O)c1ncccc1O. The van der Waals surface area contributed by atoms with Gasteiger partial charge in [0.15, 0.2) is 5.69 Å². The van der Waals surface area contributed by atoms with Gasteiger partial charge in [-0.15, -0.1) is 0 Å². The Morgan fingerprint density at radius 3 is 2.89 bits per heavy atom. The second kappa shape index (κ2) is 5.14. The maximum atomic E-state index is 12.9. The van der Waals surface area contributed by atoms with Crippen LogP contribution in [0.25, 0.3) is 0 Å². The molecule has 19 heavy (non-hydrogen) atoms. The number of nitriles is 1. The fourth-order valence-electron chi connectivity index (χ4n) is 1.47. The molecule has 0 spiro atoms. The van der Waals surface area contributed by atoms with Gasteiger partial charge >= 0.3 is 0 Å². The number of carbonyl (C=O) groups is 1. The summed E-state index contributed by atoms with van der Waals surface area (Å²) >= 11 is 0. The van der Waals surface area contributed by atoms with E-state index in [4.69, 9.17) is 5.26 Å². The minimum Gasteiger partial charge on any atom is -0.505 e. The summed E-state index contributed by atoms with van der Waals surface area (Å²) in [6.45, 7) is 0. The monoisotopic (exact) mass is 257 g/mol. The fraction of sp³-hybridized carbons (Fsp3) is 0. The lowest BCUT2D eigenvalue weighted by Crippen LogP contribution is -2.14. The summed E-state index contributed by atoms with van der Waals surface area (Å²) in [4.78, 5) is 15.6. The number of carbonyl (C=O) groups excluding carboxylic acids is 1. The van der Waals surface area contributed by atoms with Gasteiger partial charge in [0.1, 0.15) is 17.6 Å². The van der Waals surface area contributed by atoms with Gasteiger partial charge in [0.05, 0.1) is 11.3 Å². The highest BCUT2D eigenvalue weighted by Crippen LogP contribution is 2.19. The van der Waals surface area contributed by atoms with Crippen molar-refractivity contribution < 1.29 is 14.3 Å². The van der Waals surface area contributed by atoms with Crippen LogP contribution in [0.1, 0.15) is 16.1 Å². The molecular weight excluding hydrogens is 249 g/mol. The Kier molecular flexibility index (Phi) is 3.39. The number of hydrogen-bond donors (Lipinski definition) is 2. The van der Waals surface area contributed by atoms with Crippen molar-refractivity contribution in [1.29, 1.82) is 5.26 Å². The molecule has 1 aromatic heterocycles. The van der Waals surface area contributed by atoms with E-state index in [1.807, 2.05) is 0 Å². The molecule has 0 fully saturated rings. The Morgan fingerprint density at radius 2 is 2.21 bits per heavy atom. The Bertz CT molecular complexity index is 680. The van der Waals surface area contributed by atoms with Gasteiger partial charge in [-0.2, -0.15) is 5.26 Å². The van der Waals surface area contributed by atoms with Gasteiger partial charge in [-0.1, -0.05) is 0 Å². The van der Waals surface area contributed by atoms with Crippen LogP contribution in [0, 0.1) is 17.1 Å². The van der Waals surface area contributed by atoms with Crippen molar-refractivity contribution in [1.82, 2.24) is 4.98 Å². The number of halogens is 1. The van der Waals surface area contributed by atoms with Gasteiger partial charge in [-0.05, 0) is 30.3 Å². The molecule has 94 valence electrons. The Balaban J connectivity index is 2.30. The fourth-order valence-corrected chi connectivity index (χ4v) is 1.47. The van der Waals surface area contributed by atoms with Crippen LogP contribution in [0.5, 0.6) is 5.75 Å². The van der Waals surface area contributed by atoms with Crippen molar-refractivity contribution in [3.63, 3.8) is 0 Å². The van der Waals surface area contributed by atoms with Gasteiger partial charge in [0, 0.05) is 6.20 Å². The third-order valence-electron chi connectivity index (χ3n) is 2.35. The summed E-state index contributed by atoms with van der Waals surface area (Å²) in [5.74, 6) is -1.53. The van der Waals surface area contributed by atoms with Crippen LogP contribution < -0.4 is 5.32 Å². The zero-order valence-electron chi connectivity index (χ0n) is 9.59. The van der Waals surface area contributed by atoms with E-state index in [9.17, 15) is 14.3 Å². The van der Waals surface area contributed by atoms with Crippen LogP contribution >= 0.6 is 0 Å². The number of nitrogens with zero attached hydrogens (tertiary/aromatic N) is 2. The van der Waals surface area contributed by atoms with Crippen LogP contribution in [0.2, 0.25) is 0 Å². The summed E-state index contributed by atoms with van der Waals surface area (Å²) in [5.41, 5.74) is -0.0292. The molecule has 1 heterocycles. The molecule has 1 aromatic carbocycles. The van der Waals surface area contributed by atoms with Crippen molar-refractivity contribution in [2.75, 3.05) is 5.32 Å². The minimum absolute atomic E-state index is 0.0104. The highest BCUT2D eigenvalue weighted by molar-refractivity contribution is 6.05.